The molecule has 0 aliphatic carbocycles. The van der Waals surface area contributed by atoms with Crippen LogP contribution in [0.5, 0.6) is 0 Å². The predicted octanol–water partition coefficient (Wildman–Crippen LogP) is 3.87. The molecule has 1 atom stereocenters. The van der Waals surface area contributed by atoms with Crippen LogP contribution in [0.15, 0.2) is 40.8 Å². The van der Waals surface area contributed by atoms with Crippen LogP contribution in [0.3, 0.4) is 0 Å². The summed E-state index contributed by atoms with van der Waals surface area (Å²) in [6.45, 7) is 3.20. The topological polar surface area (TPSA) is 56.7 Å². The zero-order chi connectivity index (χ0) is 16.6. The number of aryl methyl sites for hydroxylation is 1. The third kappa shape index (κ3) is 2.96. The maximum Gasteiger partial charge on any atom is 0.435 e. The Labute approximate surface area is 129 Å². The van der Waals surface area contributed by atoms with Crippen molar-refractivity contribution in [3.63, 3.8) is 0 Å². The highest BCUT2D eigenvalue weighted by molar-refractivity contribution is 5.51. The molecule has 1 aromatic carbocycles. The Morgan fingerprint density at radius 2 is 1.83 bits per heavy atom. The summed E-state index contributed by atoms with van der Waals surface area (Å²) in [6.07, 6.45) is -4.49. The molecule has 3 rings (SSSR count). The molecule has 5 nitrogen and oxygen atoms in total. The number of nitrogens with zero attached hydrogens (tertiary/aromatic N) is 4. The molecular formula is C15H13F3N4O. The minimum absolute atomic E-state index is 0.198. The van der Waals surface area contributed by atoms with E-state index in [9.17, 15) is 13.2 Å². The molecule has 0 aliphatic rings. The van der Waals surface area contributed by atoms with Crippen LogP contribution in [0.2, 0.25) is 0 Å². The lowest BCUT2D eigenvalue weighted by molar-refractivity contribution is -0.141. The summed E-state index contributed by atoms with van der Waals surface area (Å²) in [5.41, 5.74) is 0.167. The van der Waals surface area contributed by atoms with Gasteiger partial charge in [-0.3, -0.25) is 4.68 Å². The minimum atomic E-state index is -4.49. The second kappa shape index (κ2) is 5.53. The highest BCUT2D eigenvalue weighted by atomic mass is 19.4. The Morgan fingerprint density at radius 3 is 2.43 bits per heavy atom. The zero-order valence-corrected chi connectivity index (χ0v) is 12.4. The van der Waals surface area contributed by atoms with Gasteiger partial charge < -0.3 is 4.42 Å². The van der Waals surface area contributed by atoms with Crippen molar-refractivity contribution >= 4 is 0 Å². The van der Waals surface area contributed by atoms with Crippen LogP contribution in [0, 0.1) is 6.92 Å². The molecule has 120 valence electrons. The van der Waals surface area contributed by atoms with Crippen molar-refractivity contribution in [3.05, 3.63) is 53.7 Å². The number of alkyl halides is 3. The smallest absolute Gasteiger partial charge is 0.418 e. The van der Waals surface area contributed by atoms with E-state index >= 15 is 0 Å². The number of aromatic nitrogens is 4. The predicted molar refractivity (Wildman–Crippen MR) is 75.5 cm³/mol. The molecule has 0 radical (unpaired) electrons. The standard InChI is InChI=1S/C15H13F3N4O/c1-9-8-12(15(16,17)18)21-22(9)10(2)13-19-20-14(23-13)11-6-4-3-5-7-11/h3-8,10H,1-2H3. The summed E-state index contributed by atoms with van der Waals surface area (Å²) >= 11 is 0. The summed E-state index contributed by atoms with van der Waals surface area (Å²) in [5.74, 6) is 0.511. The minimum Gasteiger partial charge on any atom is -0.418 e. The van der Waals surface area contributed by atoms with Crippen molar-refractivity contribution in [2.75, 3.05) is 0 Å². The van der Waals surface area contributed by atoms with E-state index in [1.807, 2.05) is 30.3 Å². The lowest BCUT2D eigenvalue weighted by atomic mass is 10.2. The van der Waals surface area contributed by atoms with E-state index in [1.54, 1.807) is 13.8 Å². The van der Waals surface area contributed by atoms with E-state index in [0.717, 1.165) is 11.6 Å². The average Bonchev–Trinajstić information content (AvgIpc) is 3.14. The van der Waals surface area contributed by atoms with Crippen LogP contribution in [0.4, 0.5) is 13.2 Å². The molecule has 23 heavy (non-hydrogen) atoms. The SMILES string of the molecule is Cc1cc(C(F)(F)F)nn1C(C)c1nnc(-c2ccccc2)o1. The maximum atomic E-state index is 12.7. The second-order valence-corrected chi connectivity index (χ2v) is 5.10. The molecule has 2 heterocycles. The van der Waals surface area contributed by atoms with Gasteiger partial charge in [0.05, 0.1) is 0 Å². The molecule has 0 N–H and O–H groups in total. The second-order valence-electron chi connectivity index (χ2n) is 5.10. The van der Waals surface area contributed by atoms with Gasteiger partial charge in [-0.1, -0.05) is 18.2 Å². The van der Waals surface area contributed by atoms with Gasteiger partial charge in [-0.2, -0.15) is 18.3 Å². The normalized spacial score (nSPS) is 13.3. The first kappa shape index (κ1) is 15.3. The van der Waals surface area contributed by atoms with Crippen LogP contribution in [-0.2, 0) is 6.18 Å². The number of benzene rings is 1. The Kier molecular flexibility index (Phi) is 3.67. The van der Waals surface area contributed by atoms with Crippen LogP contribution in [0.25, 0.3) is 11.5 Å². The van der Waals surface area contributed by atoms with E-state index in [4.69, 9.17) is 4.42 Å². The van der Waals surface area contributed by atoms with Crippen molar-refractivity contribution in [2.24, 2.45) is 0 Å². The zero-order valence-electron chi connectivity index (χ0n) is 12.4. The number of hydrogen-bond donors (Lipinski definition) is 0. The molecular weight excluding hydrogens is 309 g/mol. The van der Waals surface area contributed by atoms with Gasteiger partial charge in [-0.25, -0.2) is 0 Å². The van der Waals surface area contributed by atoms with Gasteiger partial charge in [0.1, 0.15) is 6.04 Å². The van der Waals surface area contributed by atoms with Gasteiger partial charge in [0.2, 0.25) is 11.8 Å². The summed E-state index contributed by atoms with van der Waals surface area (Å²) in [5, 5.41) is 11.5. The Bertz CT molecular complexity index is 808. The van der Waals surface area contributed by atoms with Crippen LogP contribution in [-0.4, -0.2) is 20.0 Å². The first-order valence-corrected chi connectivity index (χ1v) is 6.88. The fourth-order valence-electron chi connectivity index (χ4n) is 2.22. The van der Waals surface area contributed by atoms with Gasteiger partial charge in [-0.15, -0.1) is 10.2 Å². The molecule has 0 amide bonds. The molecule has 0 saturated heterocycles. The lowest BCUT2D eigenvalue weighted by Crippen LogP contribution is -2.13. The van der Waals surface area contributed by atoms with Crippen molar-refractivity contribution in [2.45, 2.75) is 26.1 Å². The Morgan fingerprint density at radius 1 is 1.13 bits per heavy atom. The summed E-state index contributed by atoms with van der Waals surface area (Å²) in [7, 11) is 0. The monoisotopic (exact) mass is 322 g/mol. The lowest BCUT2D eigenvalue weighted by Gasteiger charge is -2.09. The maximum absolute atomic E-state index is 12.7. The van der Waals surface area contributed by atoms with E-state index in [-0.39, 0.29) is 5.89 Å². The first-order chi connectivity index (χ1) is 10.9. The van der Waals surface area contributed by atoms with E-state index < -0.39 is 17.9 Å². The molecule has 2 aromatic heterocycles. The van der Waals surface area contributed by atoms with E-state index in [0.29, 0.717) is 11.6 Å². The van der Waals surface area contributed by atoms with E-state index in [1.165, 1.54) is 4.68 Å². The van der Waals surface area contributed by atoms with Crippen molar-refractivity contribution in [1.82, 2.24) is 20.0 Å². The average molecular weight is 322 g/mol. The molecule has 0 aliphatic heterocycles. The highest BCUT2D eigenvalue weighted by Gasteiger charge is 2.35. The first-order valence-electron chi connectivity index (χ1n) is 6.88. The van der Waals surface area contributed by atoms with Crippen molar-refractivity contribution < 1.29 is 17.6 Å². The van der Waals surface area contributed by atoms with Gasteiger partial charge in [0.25, 0.3) is 0 Å². The third-order valence-electron chi connectivity index (χ3n) is 3.40. The molecule has 3 aromatic rings. The van der Waals surface area contributed by atoms with Gasteiger partial charge in [-0.05, 0) is 32.0 Å². The quantitative estimate of drug-likeness (QED) is 0.734. The largest absolute Gasteiger partial charge is 0.435 e. The third-order valence-corrected chi connectivity index (χ3v) is 3.40. The van der Waals surface area contributed by atoms with Crippen LogP contribution >= 0.6 is 0 Å². The summed E-state index contributed by atoms with van der Waals surface area (Å²) < 4.78 is 45.0. The van der Waals surface area contributed by atoms with Crippen molar-refractivity contribution in [3.8, 4) is 11.5 Å². The molecule has 1 unspecified atom stereocenters. The number of halogens is 3. The van der Waals surface area contributed by atoms with Gasteiger partial charge in [0.15, 0.2) is 5.69 Å². The fourth-order valence-corrected chi connectivity index (χ4v) is 2.22. The van der Waals surface area contributed by atoms with Crippen LogP contribution in [0.1, 0.15) is 30.2 Å². The van der Waals surface area contributed by atoms with Crippen LogP contribution < -0.4 is 0 Å². The molecule has 0 spiro atoms. The molecule has 0 fully saturated rings. The molecule has 0 bridgehead atoms. The highest BCUT2D eigenvalue weighted by Crippen LogP contribution is 2.30. The van der Waals surface area contributed by atoms with Crippen molar-refractivity contribution in [1.29, 1.82) is 0 Å². The molecule has 8 heteroatoms. The molecule has 0 saturated carbocycles. The van der Waals surface area contributed by atoms with Gasteiger partial charge >= 0.3 is 6.18 Å². The summed E-state index contributed by atoms with van der Waals surface area (Å²) in [4.78, 5) is 0. The van der Waals surface area contributed by atoms with E-state index in [2.05, 4.69) is 15.3 Å². The van der Waals surface area contributed by atoms with Gasteiger partial charge in [0, 0.05) is 11.3 Å². The number of rotatable bonds is 3. The summed E-state index contributed by atoms with van der Waals surface area (Å²) in [6, 6.07) is 9.52. The Balaban J connectivity index is 1.91. The fraction of sp³-hybridized carbons (Fsp3) is 0.267. The number of hydrogen-bond acceptors (Lipinski definition) is 4. The Hall–Kier alpha value is -2.64.